The molecule has 4 aliphatic rings. The smallest absolute Gasteiger partial charge is 0.407 e. The number of piperazine rings is 1. The third kappa shape index (κ3) is 5.30. The Hall–Kier alpha value is -4.45. The first kappa shape index (κ1) is 30.9. The number of carbonyl (C=O) groups is 1. The Morgan fingerprint density at radius 1 is 1.12 bits per heavy atom. The van der Waals surface area contributed by atoms with Gasteiger partial charge in [-0.2, -0.15) is 15.0 Å². The summed E-state index contributed by atoms with van der Waals surface area (Å²) in [6, 6.07) is 6.27. The fourth-order valence-electron chi connectivity index (χ4n) is 8.05. The lowest BCUT2D eigenvalue weighted by atomic mass is 9.95. The number of nitrogens with zero attached hydrogens (tertiary/aromatic N) is 6. The zero-order valence-corrected chi connectivity index (χ0v) is 27.3. The molecule has 12 nitrogen and oxygen atoms in total. The molecule has 2 aromatic carbocycles. The van der Waals surface area contributed by atoms with Crippen LogP contribution < -0.4 is 19.1 Å². The minimum absolute atomic E-state index is 0.00712. The molecule has 2 bridgehead atoms. The van der Waals surface area contributed by atoms with Crippen LogP contribution in [0.5, 0.6) is 22.7 Å². The van der Waals surface area contributed by atoms with Crippen molar-refractivity contribution in [3.05, 3.63) is 35.6 Å². The average Bonchev–Trinajstić information content (AvgIpc) is 3.83. The second-order valence-corrected chi connectivity index (χ2v) is 13.8. The summed E-state index contributed by atoms with van der Waals surface area (Å²) in [5.41, 5.74) is 0.594. The van der Waals surface area contributed by atoms with Crippen LogP contribution in [0.3, 0.4) is 0 Å². The Morgan fingerprint density at radius 2 is 1.90 bits per heavy atom. The summed E-state index contributed by atoms with van der Waals surface area (Å²) in [5.74, 6) is 3.21. The van der Waals surface area contributed by atoms with E-state index >= 15 is 0 Å². The number of carboxylic acid groups (broad SMARTS) is 1. The number of hydrogen-bond acceptors (Lipinski definition) is 11. The van der Waals surface area contributed by atoms with Crippen molar-refractivity contribution >= 4 is 44.4 Å². The number of aromatic nitrogens is 3. The van der Waals surface area contributed by atoms with Crippen molar-refractivity contribution in [2.45, 2.75) is 56.1 Å². The van der Waals surface area contributed by atoms with E-state index in [0.717, 1.165) is 51.6 Å². The number of benzene rings is 2. The Bertz CT molecular complexity index is 1930. The van der Waals surface area contributed by atoms with Crippen LogP contribution in [0.4, 0.5) is 15.0 Å². The van der Waals surface area contributed by atoms with Gasteiger partial charge < -0.3 is 29.0 Å². The van der Waals surface area contributed by atoms with E-state index in [1.165, 1.54) is 24.5 Å². The van der Waals surface area contributed by atoms with Crippen LogP contribution in [0.25, 0.3) is 21.1 Å². The molecule has 0 spiro atoms. The van der Waals surface area contributed by atoms with Gasteiger partial charge in [-0.3, -0.25) is 9.80 Å². The van der Waals surface area contributed by atoms with Crippen LogP contribution >= 0.6 is 11.3 Å². The van der Waals surface area contributed by atoms with Crippen molar-refractivity contribution in [1.82, 2.24) is 24.8 Å². The van der Waals surface area contributed by atoms with E-state index < -0.39 is 11.9 Å². The first-order valence-corrected chi connectivity index (χ1v) is 17.0. The quantitative estimate of drug-likeness (QED) is 0.180. The van der Waals surface area contributed by atoms with Crippen molar-refractivity contribution in [2.75, 3.05) is 51.6 Å². The Kier molecular flexibility index (Phi) is 7.85. The van der Waals surface area contributed by atoms with Gasteiger partial charge in [0.25, 0.3) is 5.19 Å². The number of anilines is 1. The molecular formula is C34H35FN6O6S. The van der Waals surface area contributed by atoms with Gasteiger partial charge in [-0.15, -0.1) is 6.42 Å². The molecule has 8 rings (SSSR count). The molecule has 2 aromatic heterocycles. The first-order chi connectivity index (χ1) is 23.4. The Balaban J connectivity index is 1.18. The number of fused-ring (bicyclic) bond motifs is 5. The van der Waals surface area contributed by atoms with Gasteiger partial charge in [0.05, 0.1) is 23.2 Å². The predicted octanol–water partition coefficient (Wildman–Crippen LogP) is 5.47. The number of rotatable bonds is 9. The highest BCUT2D eigenvalue weighted by Crippen LogP contribution is 2.43. The molecule has 2 atom stereocenters. The lowest BCUT2D eigenvalue weighted by Crippen LogP contribution is -2.55. The zero-order chi connectivity index (χ0) is 33.0. The highest BCUT2D eigenvalue weighted by molar-refractivity contribution is 7.19. The summed E-state index contributed by atoms with van der Waals surface area (Å²) in [5, 5.41) is 11.1. The summed E-state index contributed by atoms with van der Waals surface area (Å²) in [7, 11) is 1.52. The molecule has 0 unspecified atom stereocenters. The third-order valence-electron chi connectivity index (χ3n) is 10.2. The number of amides is 1. The van der Waals surface area contributed by atoms with Crippen molar-refractivity contribution in [3.63, 3.8) is 0 Å². The molecular weight excluding hydrogens is 639 g/mol. The topological polar surface area (TPSA) is 123 Å². The average molecular weight is 675 g/mol. The van der Waals surface area contributed by atoms with Crippen LogP contribution in [-0.4, -0.2) is 100 Å². The summed E-state index contributed by atoms with van der Waals surface area (Å²) in [6.45, 7) is 3.63. The van der Waals surface area contributed by atoms with E-state index in [1.54, 1.807) is 23.1 Å². The van der Waals surface area contributed by atoms with Gasteiger partial charge in [0.15, 0.2) is 17.4 Å². The van der Waals surface area contributed by atoms with Crippen LogP contribution in [-0.2, 0) is 4.74 Å². The van der Waals surface area contributed by atoms with Gasteiger partial charge in [-0.05, 0) is 69.1 Å². The van der Waals surface area contributed by atoms with E-state index in [1.807, 2.05) is 0 Å². The summed E-state index contributed by atoms with van der Waals surface area (Å²) in [4.78, 5) is 33.3. The first-order valence-electron chi connectivity index (χ1n) is 16.2. The molecule has 4 aliphatic heterocycles. The summed E-state index contributed by atoms with van der Waals surface area (Å²) in [6.07, 6.45) is 10.9. The summed E-state index contributed by atoms with van der Waals surface area (Å²) < 4.78 is 38.4. The summed E-state index contributed by atoms with van der Waals surface area (Å²) >= 11 is 1.22. The zero-order valence-electron chi connectivity index (χ0n) is 26.5. The van der Waals surface area contributed by atoms with Crippen molar-refractivity contribution in [3.8, 4) is 35.0 Å². The number of halogens is 1. The van der Waals surface area contributed by atoms with E-state index in [0.29, 0.717) is 52.4 Å². The molecule has 1 amide bonds. The van der Waals surface area contributed by atoms with E-state index in [2.05, 4.69) is 15.7 Å². The largest absolute Gasteiger partial charge is 0.467 e. The van der Waals surface area contributed by atoms with Crippen molar-refractivity contribution < 1.29 is 33.2 Å². The second-order valence-electron chi connectivity index (χ2n) is 12.9. The SMILES string of the molecule is C#Cc1c(F)ccc2cc(OCOC)cc(Oc3nc4c(N5C[C@H]6CC[C@@H](C5)N6C(=O)O)nc(OCC56CCCN5CCC6)nc4s3)c12. The van der Waals surface area contributed by atoms with E-state index in [4.69, 9.17) is 40.3 Å². The molecule has 6 heterocycles. The highest BCUT2D eigenvalue weighted by atomic mass is 32.1. The molecule has 250 valence electrons. The van der Waals surface area contributed by atoms with E-state index in [-0.39, 0.29) is 46.9 Å². The fourth-order valence-corrected chi connectivity index (χ4v) is 8.84. The van der Waals surface area contributed by atoms with Gasteiger partial charge in [0.2, 0.25) is 0 Å². The van der Waals surface area contributed by atoms with Gasteiger partial charge in [-0.25, -0.2) is 9.18 Å². The third-order valence-corrected chi connectivity index (χ3v) is 11.0. The molecule has 4 fully saturated rings. The van der Waals surface area contributed by atoms with Crippen LogP contribution in [0.2, 0.25) is 0 Å². The maximum atomic E-state index is 14.9. The lowest BCUT2D eigenvalue weighted by Gasteiger charge is -2.40. The molecule has 0 aliphatic carbocycles. The minimum Gasteiger partial charge on any atom is -0.467 e. The van der Waals surface area contributed by atoms with Crippen LogP contribution in [0.15, 0.2) is 24.3 Å². The van der Waals surface area contributed by atoms with Gasteiger partial charge in [-0.1, -0.05) is 23.3 Å². The van der Waals surface area contributed by atoms with Crippen LogP contribution in [0.1, 0.15) is 44.1 Å². The van der Waals surface area contributed by atoms with Crippen LogP contribution in [0, 0.1) is 18.2 Å². The lowest BCUT2D eigenvalue weighted by molar-refractivity contribution is 0.0511. The molecule has 0 radical (unpaired) electrons. The van der Waals surface area contributed by atoms with E-state index in [9.17, 15) is 14.3 Å². The molecule has 48 heavy (non-hydrogen) atoms. The maximum absolute atomic E-state index is 14.9. The molecule has 14 heteroatoms. The molecule has 4 aromatic rings. The van der Waals surface area contributed by atoms with Gasteiger partial charge >= 0.3 is 12.1 Å². The molecule has 1 N–H and O–H groups in total. The standard InChI is InChI=1S/C34H35FN6O6S/c1-3-24-25(35)9-6-20-14-23(46-19-44-2)15-26(27(20)24)47-32-36-28-29(39-16-21-7-8-22(17-39)41(21)33(42)43)37-31(38-30(28)48-32)45-18-34-10-4-12-40(34)13-5-11-34/h1,6,9,14-15,21-22H,4-5,7-8,10-13,16-19H2,2H3,(H,42,43)/t21-,22+. The Labute approximate surface area is 280 Å². The van der Waals surface area contributed by atoms with Crippen molar-refractivity contribution in [2.24, 2.45) is 0 Å². The molecule has 0 saturated carbocycles. The monoisotopic (exact) mass is 674 g/mol. The number of hydrogen-bond donors (Lipinski definition) is 1. The fraction of sp³-hybridized carbons (Fsp3) is 0.471. The maximum Gasteiger partial charge on any atom is 0.407 e. The predicted molar refractivity (Wildman–Crippen MR) is 177 cm³/mol. The normalized spacial score (nSPS) is 21.5. The van der Waals surface area contributed by atoms with Gasteiger partial charge in [0.1, 0.15) is 29.4 Å². The van der Waals surface area contributed by atoms with Crippen molar-refractivity contribution in [1.29, 1.82) is 0 Å². The minimum atomic E-state index is -0.896. The van der Waals surface area contributed by atoms with Gasteiger partial charge in [0, 0.05) is 31.7 Å². The number of ether oxygens (including phenoxy) is 4. The number of methoxy groups -OCH3 is 1. The molecule has 4 saturated heterocycles. The number of thiazole rings is 1. The highest BCUT2D eigenvalue weighted by Gasteiger charge is 2.46. The number of terminal acetylenes is 1. The Morgan fingerprint density at radius 3 is 2.60 bits per heavy atom. The second kappa shape index (κ2) is 12.2.